The lowest BCUT2D eigenvalue weighted by molar-refractivity contribution is -0.0621. The standard InChI is InChI=1S/C5H7FO3/c1-2-5(6)3-8-4(7)9-5/h2-3H2,1H3. The maximum atomic E-state index is 12.7. The van der Waals surface area contributed by atoms with Gasteiger partial charge in [-0.2, -0.15) is 4.39 Å². The Bertz CT molecular complexity index is 136. The molecule has 0 aliphatic carbocycles. The Hall–Kier alpha value is -0.800. The lowest BCUT2D eigenvalue weighted by Gasteiger charge is -2.10. The Morgan fingerprint density at radius 3 is 2.78 bits per heavy atom. The summed E-state index contributed by atoms with van der Waals surface area (Å²) in [5, 5.41) is 0. The highest BCUT2D eigenvalue weighted by molar-refractivity contribution is 5.62. The van der Waals surface area contributed by atoms with Crippen LogP contribution in [0.15, 0.2) is 0 Å². The molecular formula is C5H7FO3. The van der Waals surface area contributed by atoms with E-state index in [2.05, 4.69) is 9.47 Å². The molecule has 0 amide bonds. The number of halogens is 1. The van der Waals surface area contributed by atoms with Crippen LogP contribution in [0.25, 0.3) is 0 Å². The zero-order valence-electron chi connectivity index (χ0n) is 5.02. The minimum absolute atomic E-state index is 0.138. The first kappa shape index (κ1) is 6.32. The third-order valence-corrected chi connectivity index (χ3v) is 1.20. The lowest BCUT2D eigenvalue weighted by atomic mass is 10.3. The third-order valence-electron chi connectivity index (χ3n) is 1.20. The molecule has 1 saturated heterocycles. The molecule has 4 heteroatoms. The monoisotopic (exact) mass is 134 g/mol. The van der Waals surface area contributed by atoms with Crippen molar-refractivity contribution in [3.8, 4) is 0 Å². The zero-order chi connectivity index (χ0) is 6.91. The Labute approximate surface area is 51.7 Å². The van der Waals surface area contributed by atoms with E-state index < -0.39 is 12.0 Å². The second-order valence-electron chi connectivity index (χ2n) is 1.88. The lowest BCUT2D eigenvalue weighted by Crippen LogP contribution is -2.23. The van der Waals surface area contributed by atoms with Crippen molar-refractivity contribution in [1.82, 2.24) is 0 Å². The summed E-state index contributed by atoms with van der Waals surface area (Å²) in [4.78, 5) is 10.1. The Kier molecular flexibility index (Phi) is 1.31. The molecule has 0 N–H and O–H groups in total. The molecule has 0 radical (unpaired) electrons. The van der Waals surface area contributed by atoms with Gasteiger partial charge in [0, 0.05) is 6.42 Å². The quantitative estimate of drug-likeness (QED) is 0.506. The molecule has 0 saturated carbocycles. The first-order valence-corrected chi connectivity index (χ1v) is 2.71. The highest BCUT2D eigenvalue weighted by atomic mass is 19.2. The highest BCUT2D eigenvalue weighted by Gasteiger charge is 2.40. The van der Waals surface area contributed by atoms with E-state index in [1.54, 1.807) is 6.92 Å². The maximum absolute atomic E-state index is 12.7. The fourth-order valence-corrected chi connectivity index (χ4v) is 0.549. The van der Waals surface area contributed by atoms with Gasteiger partial charge in [0.05, 0.1) is 0 Å². The maximum Gasteiger partial charge on any atom is 0.511 e. The smallest absolute Gasteiger partial charge is 0.427 e. The number of rotatable bonds is 1. The largest absolute Gasteiger partial charge is 0.511 e. The van der Waals surface area contributed by atoms with Gasteiger partial charge in [0.2, 0.25) is 0 Å². The van der Waals surface area contributed by atoms with E-state index in [1.165, 1.54) is 0 Å². The van der Waals surface area contributed by atoms with Crippen LogP contribution in [0.5, 0.6) is 0 Å². The number of cyclic esters (lactones) is 2. The van der Waals surface area contributed by atoms with Gasteiger partial charge in [0.1, 0.15) is 0 Å². The van der Waals surface area contributed by atoms with E-state index in [-0.39, 0.29) is 13.0 Å². The van der Waals surface area contributed by atoms with Crippen LogP contribution < -0.4 is 0 Å². The minimum atomic E-state index is -1.86. The van der Waals surface area contributed by atoms with Crippen LogP contribution in [0.1, 0.15) is 13.3 Å². The molecule has 9 heavy (non-hydrogen) atoms. The Morgan fingerprint density at radius 2 is 2.56 bits per heavy atom. The summed E-state index contributed by atoms with van der Waals surface area (Å²) in [6.45, 7) is 1.31. The summed E-state index contributed by atoms with van der Waals surface area (Å²) in [5.74, 6) is -1.86. The third kappa shape index (κ3) is 1.12. The number of hydrogen-bond acceptors (Lipinski definition) is 3. The number of alkyl halides is 1. The van der Waals surface area contributed by atoms with Crippen LogP contribution in [-0.2, 0) is 9.47 Å². The second-order valence-corrected chi connectivity index (χ2v) is 1.88. The van der Waals surface area contributed by atoms with Crippen molar-refractivity contribution in [2.45, 2.75) is 19.2 Å². The van der Waals surface area contributed by atoms with E-state index in [1.807, 2.05) is 0 Å². The molecule has 0 aromatic carbocycles. The molecular weight excluding hydrogens is 127 g/mol. The summed E-state index contributed by atoms with van der Waals surface area (Å²) in [5.41, 5.74) is 0. The predicted molar refractivity (Wildman–Crippen MR) is 26.6 cm³/mol. The summed E-state index contributed by atoms with van der Waals surface area (Å²) in [6, 6.07) is 0. The minimum Gasteiger partial charge on any atom is -0.427 e. The number of carbonyl (C=O) groups is 1. The van der Waals surface area contributed by atoms with Crippen molar-refractivity contribution in [2.24, 2.45) is 0 Å². The van der Waals surface area contributed by atoms with Crippen molar-refractivity contribution in [3.05, 3.63) is 0 Å². The SMILES string of the molecule is CCC1(F)COC(=O)O1. The van der Waals surface area contributed by atoms with Gasteiger partial charge >= 0.3 is 6.16 Å². The molecule has 1 rings (SSSR count). The zero-order valence-corrected chi connectivity index (χ0v) is 5.02. The first-order chi connectivity index (χ1) is 4.16. The summed E-state index contributed by atoms with van der Waals surface area (Å²) >= 11 is 0. The van der Waals surface area contributed by atoms with Crippen LogP contribution in [0, 0.1) is 0 Å². The van der Waals surface area contributed by atoms with Crippen molar-refractivity contribution in [2.75, 3.05) is 6.61 Å². The molecule has 1 atom stereocenters. The summed E-state index contributed by atoms with van der Waals surface area (Å²) in [6.07, 6.45) is -0.780. The highest BCUT2D eigenvalue weighted by Crippen LogP contribution is 2.24. The summed E-state index contributed by atoms with van der Waals surface area (Å²) < 4.78 is 21.1. The van der Waals surface area contributed by atoms with E-state index in [0.717, 1.165) is 0 Å². The van der Waals surface area contributed by atoms with Gasteiger partial charge in [0.25, 0.3) is 5.85 Å². The number of hydrogen-bond donors (Lipinski definition) is 0. The fourth-order valence-electron chi connectivity index (χ4n) is 0.549. The molecule has 0 bridgehead atoms. The van der Waals surface area contributed by atoms with Gasteiger partial charge in [0.15, 0.2) is 6.61 Å². The van der Waals surface area contributed by atoms with Crippen molar-refractivity contribution < 1.29 is 18.7 Å². The van der Waals surface area contributed by atoms with Gasteiger partial charge in [-0.3, -0.25) is 0 Å². The normalized spacial score (nSPS) is 33.8. The van der Waals surface area contributed by atoms with E-state index >= 15 is 0 Å². The van der Waals surface area contributed by atoms with Gasteiger partial charge in [-0.15, -0.1) is 0 Å². The molecule has 0 spiro atoms. The summed E-state index contributed by atoms with van der Waals surface area (Å²) in [7, 11) is 0. The van der Waals surface area contributed by atoms with Crippen LogP contribution in [0.2, 0.25) is 0 Å². The molecule has 0 aromatic rings. The van der Waals surface area contributed by atoms with Crippen LogP contribution >= 0.6 is 0 Å². The molecule has 1 unspecified atom stereocenters. The van der Waals surface area contributed by atoms with Crippen LogP contribution in [-0.4, -0.2) is 18.6 Å². The van der Waals surface area contributed by atoms with Gasteiger partial charge in [-0.05, 0) is 0 Å². The molecule has 1 aliphatic rings. The molecule has 0 aromatic heterocycles. The van der Waals surface area contributed by atoms with E-state index in [4.69, 9.17) is 0 Å². The van der Waals surface area contributed by atoms with E-state index in [9.17, 15) is 9.18 Å². The molecule has 1 aliphatic heterocycles. The van der Waals surface area contributed by atoms with Gasteiger partial charge < -0.3 is 9.47 Å². The van der Waals surface area contributed by atoms with Crippen LogP contribution in [0.3, 0.4) is 0 Å². The fraction of sp³-hybridized carbons (Fsp3) is 0.800. The van der Waals surface area contributed by atoms with Crippen LogP contribution in [0.4, 0.5) is 9.18 Å². The van der Waals surface area contributed by atoms with Crippen molar-refractivity contribution >= 4 is 6.16 Å². The number of ether oxygens (including phenoxy) is 2. The first-order valence-electron chi connectivity index (χ1n) is 2.71. The van der Waals surface area contributed by atoms with Gasteiger partial charge in [-0.25, -0.2) is 4.79 Å². The number of carbonyl (C=O) groups excluding carboxylic acids is 1. The van der Waals surface area contributed by atoms with E-state index in [0.29, 0.717) is 0 Å². The topological polar surface area (TPSA) is 35.5 Å². The molecule has 1 fully saturated rings. The average Bonchev–Trinajstić information content (AvgIpc) is 2.13. The Morgan fingerprint density at radius 1 is 1.89 bits per heavy atom. The van der Waals surface area contributed by atoms with Gasteiger partial charge in [-0.1, -0.05) is 6.92 Å². The molecule has 52 valence electrons. The molecule has 1 heterocycles. The second kappa shape index (κ2) is 1.86. The predicted octanol–water partition coefficient (Wildman–Crippen LogP) is 1.23. The van der Waals surface area contributed by atoms with Crippen molar-refractivity contribution in [1.29, 1.82) is 0 Å². The Balaban J connectivity index is 2.54. The average molecular weight is 134 g/mol. The van der Waals surface area contributed by atoms with Crippen molar-refractivity contribution in [3.63, 3.8) is 0 Å². The molecule has 3 nitrogen and oxygen atoms in total.